The van der Waals surface area contributed by atoms with Crippen LogP contribution in [0, 0.1) is 18.3 Å². The molecule has 3 aromatic carbocycles. The molecule has 0 aliphatic rings. The molecule has 3 aromatic heterocycles. The van der Waals surface area contributed by atoms with Crippen LogP contribution in [-0.2, 0) is 5.41 Å². The Morgan fingerprint density at radius 1 is 0.895 bits per heavy atom. The van der Waals surface area contributed by atoms with Gasteiger partial charge in [0, 0.05) is 34.5 Å². The third-order valence-corrected chi connectivity index (χ3v) is 6.95. The highest BCUT2D eigenvalue weighted by molar-refractivity contribution is 6.09. The largest absolute Gasteiger partial charge is 0.505 e. The molecule has 38 heavy (non-hydrogen) atoms. The van der Waals surface area contributed by atoms with Gasteiger partial charge in [-0.15, -0.1) is 0 Å². The van der Waals surface area contributed by atoms with Crippen LogP contribution in [0.3, 0.4) is 0 Å². The van der Waals surface area contributed by atoms with E-state index in [0.717, 1.165) is 27.6 Å². The fourth-order valence-electron chi connectivity index (χ4n) is 4.93. The minimum atomic E-state index is -0.0121. The number of benzene rings is 3. The van der Waals surface area contributed by atoms with E-state index in [1.807, 2.05) is 36.5 Å². The molecule has 0 unspecified atom stereocenters. The highest BCUT2D eigenvalue weighted by Gasteiger charge is 2.18. The van der Waals surface area contributed by atoms with Gasteiger partial charge in [-0.2, -0.15) is 5.26 Å². The molecule has 0 radical (unpaired) electrons. The van der Waals surface area contributed by atoms with Crippen molar-refractivity contribution >= 4 is 32.7 Å². The highest BCUT2D eigenvalue weighted by Crippen LogP contribution is 2.36. The number of aromatic hydroxyl groups is 1. The Morgan fingerprint density at radius 3 is 2.45 bits per heavy atom. The normalized spacial score (nSPS) is 11.8. The summed E-state index contributed by atoms with van der Waals surface area (Å²) in [6, 6.07) is 25.8. The number of hydrogen-bond donors (Lipinski definition) is 1. The van der Waals surface area contributed by atoms with E-state index in [-0.39, 0.29) is 11.2 Å². The topological polar surface area (TPSA) is 84.0 Å². The molecular weight excluding hydrogens is 472 g/mol. The van der Waals surface area contributed by atoms with Crippen molar-refractivity contribution in [3.05, 3.63) is 95.7 Å². The molecular formula is C32H26N4O2. The van der Waals surface area contributed by atoms with Crippen LogP contribution >= 0.6 is 0 Å². The SMILES string of the molecule is Cc1cc(C#N)c2ccc(Oc3ccc4c5ccccc5n(-c5cc(C(C)(C)C)ccn5)c4c3)nc2c1O. The van der Waals surface area contributed by atoms with Crippen molar-refractivity contribution < 1.29 is 9.84 Å². The van der Waals surface area contributed by atoms with Crippen LogP contribution in [0.1, 0.15) is 37.5 Å². The Balaban J connectivity index is 1.51. The van der Waals surface area contributed by atoms with Crippen LogP contribution in [0.15, 0.2) is 79.0 Å². The molecule has 0 spiro atoms. The number of nitrogens with zero attached hydrogens (tertiary/aromatic N) is 4. The summed E-state index contributed by atoms with van der Waals surface area (Å²) in [6.07, 6.45) is 1.86. The van der Waals surface area contributed by atoms with Crippen LogP contribution in [-0.4, -0.2) is 19.6 Å². The fourth-order valence-corrected chi connectivity index (χ4v) is 4.93. The van der Waals surface area contributed by atoms with Crippen molar-refractivity contribution in [2.24, 2.45) is 0 Å². The molecule has 0 amide bonds. The molecule has 0 bridgehead atoms. The van der Waals surface area contributed by atoms with E-state index in [2.05, 4.69) is 60.7 Å². The molecule has 0 saturated heterocycles. The lowest BCUT2D eigenvalue weighted by molar-refractivity contribution is 0.459. The average Bonchev–Trinajstić information content (AvgIpc) is 3.24. The average molecular weight is 499 g/mol. The van der Waals surface area contributed by atoms with Gasteiger partial charge in [0.1, 0.15) is 22.8 Å². The van der Waals surface area contributed by atoms with Gasteiger partial charge in [-0.05, 0) is 65.9 Å². The van der Waals surface area contributed by atoms with E-state index in [9.17, 15) is 10.4 Å². The van der Waals surface area contributed by atoms with Crippen LogP contribution < -0.4 is 4.74 Å². The zero-order chi connectivity index (χ0) is 26.6. The van der Waals surface area contributed by atoms with Crippen molar-refractivity contribution in [1.29, 1.82) is 5.26 Å². The summed E-state index contributed by atoms with van der Waals surface area (Å²) >= 11 is 0. The predicted octanol–water partition coefficient (Wildman–Crippen LogP) is 7.70. The Hall–Kier alpha value is -4.89. The Morgan fingerprint density at radius 2 is 1.66 bits per heavy atom. The number of phenols is 1. The molecule has 6 rings (SSSR count). The van der Waals surface area contributed by atoms with E-state index in [0.29, 0.717) is 33.7 Å². The fraction of sp³-hybridized carbons (Fsp3) is 0.156. The predicted molar refractivity (Wildman–Crippen MR) is 150 cm³/mol. The van der Waals surface area contributed by atoms with E-state index >= 15 is 0 Å². The summed E-state index contributed by atoms with van der Waals surface area (Å²) in [6.45, 7) is 8.33. The number of fused-ring (bicyclic) bond motifs is 4. The van der Waals surface area contributed by atoms with Crippen molar-refractivity contribution in [3.8, 4) is 29.3 Å². The molecule has 186 valence electrons. The second-order valence-electron chi connectivity index (χ2n) is 10.5. The van der Waals surface area contributed by atoms with Crippen molar-refractivity contribution in [3.63, 3.8) is 0 Å². The summed E-state index contributed by atoms with van der Waals surface area (Å²) in [4.78, 5) is 9.27. The van der Waals surface area contributed by atoms with E-state index < -0.39 is 0 Å². The van der Waals surface area contributed by atoms with Crippen LogP contribution in [0.25, 0.3) is 38.5 Å². The number of ether oxygens (including phenoxy) is 1. The maximum Gasteiger partial charge on any atom is 0.219 e. The van der Waals surface area contributed by atoms with Gasteiger partial charge in [0.15, 0.2) is 0 Å². The van der Waals surface area contributed by atoms with Crippen LogP contribution in [0.5, 0.6) is 17.4 Å². The lowest BCUT2D eigenvalue weighted by Crippen LogP contribution is -2.12. The van der Waals surface area contributed by atoms with Crippen molar-refractivity contribution in [2.45, 2.75) is 33.1 Å². The van der Waals surface area contributed by atoms with Gasteiger partial charge < -0.3 is 9.84 Å². The first kappa shape index (κ1) is 23.5. The Labute approximate surface area is 220 Å². The number of nitriles is 1. The Bertz CT molecular complexity index is 1920. The van der Waals surface area contributed by atoms with Gasteiger partial charge in [0.2, 0.25) is 5.88 Å². The molecule has 0 aliphatic heterocycles. The molecule has 0 atom stereocenters. The summed E-state index contributed by atoms with van der Waals surface area (Å²) in [7, 11) is 0. The number of rotatable bonds is 3. The molecule has 6 nitrogen and oxygen atoms in total. The van der Waals surface area contributed by atoms with Gasteiger partial charge >= 0.3 is 0 Å². The van der Waals surface area contributed by atoms with Crippen LogP contribution in [0.4, 0.5) is 0 Å². The van der Waals surface area contributed by atoms with Gasteiger partial charge in [-0.3, -0.25) is 4.57 Å². The minimum absolute atomic E-state index is 0.0121. The lowest BCUT2D eigenvalue weighted by atomic mass is 9.88. The highest BCUT2D eigenvalue weighted by atomic mass is 16.5. The minimum Gasteiger partial charge on any atom is -0.505 e. The summed E-state index contributed by atoms with van der Waals surface area (Å²) in [5, 5.41) is 22.9. The number of pyridine rings is 2. The zero-order valence-corrected chi connectivity index (χ0v) is 21.6. The van der Waals surface area contributed by atoms with Gasteiger partial charge in [0.25, 0.3) is 0 Å². The molecule has 0 fully saturated rings. The Kier molecular flexibility index (Phi) is 5.32. The monoisotopic (exact) mass is 498 g/mol. The maximum atomic E-state index is 10.6. The molecule has 6 aromatic rings. The lowest BCUT2D eigenvalue weighted by Gasteiger charge is -2.20. The molecule has 1 N–H and O–H groups in total. The first-order chi connectivity index (χ1) is 18.2. The standard InChI is InChI=1S/C32H26N4O2/c1-19-15-20(18-33)23-11-12-29(35-30(23)31(19)37)38-22-9-10-25-24-7-5-6-8-26(24)36(27(25)17-22)28-16-21(13-14-34-28)32(2,3)4/h5-17,37H,1-4H3. The maximum absolute atomic E-state index is 10.6. The quantitative estimate of drug-likeness (QED) is 0.270. The van der Waals surface area contributed by atoms with Crippen molar-refractivity contribution in [1.82, 2.24) is 14.5 Å². The smallest absolute Gasteiger partial charge is 0.219 e. The number of aromatic nitrogens is 3. The molecule has 0 aliphatic carbocycles. The first-order valence-corrected chi connectivity index (χ1v) is 12.5. The zero-order valence-electron chi connectivity index (χ0n) is 21.6. The van der Waals surface area contributed by atoms with E-state index in [1.54, 1.807) is 25.1 Å². The number of aryl methyl sites for hydroxylation is 1. The summed E-state index contributed by atoms with van der Waals surface area (Å²) in [5.41, 5.74) is 4.62. The first-order valence-electron chi connectivity index (χ1n) is 12.5. The second-order valence-corrected chi connectivity index (χ2v) is 10.5. The third-order valence-electron chi connectivity index (χ3n) is 6.95. The van der Waals surface area contributed by atoms with Crippen LogP contribution in [0.2, 0.25) is 0 Å². The van der Waals surface area contributed by atoms with Crippen molar-refractivity contribution in [2.75, 3.05) is 0 Å². The number of para-hydroxylation sites is 1. The van der Waals surface area contributed by atoms with E-state index in [1.165, 1.54) is 5.56 Å². The van der Waals surface area contributed by atoms with Gasteiger partial charge in [-0.25, -0.2) is 9.97 Å². The summed E-state index contributed by atoms with van der Waals surface area (Å²) < 4.78 is 8.35. The van der Waals surface area contributed by atoms with Gasteiger partial charge in [0.05, 0.1) is 22.7 Å². The second kappa shape index (κ2) is 8.60. The summed E-state index contributed by atoms with van der Waals surface area (Å²) in [5.74, 6) is 1.82. The molecule has 3 heterocycles. The van der Waals surface area contributed by atoms with E-state index in [4.69, 9.17) is 9.72 Å². The molecule has 0 saturated carbocycles. The molecule has 6 heteroatoms. The number of phenolic OH excluding ortho intramolecular Hbond substituents is 1. The third kappa shape index (κ3) is 3.80. The van der Waals surface area contributed by atoms with Gasteiger partial charge in [-0.1, -0.05) is 39.0 Å². The number of hydrogen-bond acceptors (Lipinski definition) is 5.